The minimum Gasteiger partial charge on any atom is -0.391 e. The van der Waals surface area contributed by atoms with E-state index in [-0.39, 0.29) is 12.5 Å². The Morgan fingerprint density at radius 1 is 1.06 bits per heavy atom. The van der Waals surface area contributed by atoms with Gasteiger partial charge in [-0.25, -0.2) is 0 Å². The van der Waals surface area contributed by atoms with Gasteiger partial charge in [0.2, 0.25) is 0 Å². The number of aliphatic hydroxyl groups excluding tert-OH is 1. The second kappa shape index (κ2) is 5.45. The molecule has 5 nitrogen and oxygen atoms in total. The van der Waals surface area contributed by atoms with Crippen LogP contribution in [0.1, 0.15) is 33.1 Å². The molecule has 1 N–H and O–H groups in total. The van der Waals surface area contributed by atoms with Crippen molar-refractivity contribution in [3.8, 4) is 0 Å². The molecule has 106 valence electrons. The van der Waals surface area contributed by atoms with Gasteiger partial charge in [-0.1, -0.05) is 13.8 Å². The summed E-state index contributed by atoms with van der Waals surface area (Å²) in [6, 6.07) is 0. The Balaban J connectivity index is 2.06. The second-order valence-corrected chi connectivity index (χ2v) is 7.73. The molecule has 0 aromatic heterocycles. The van der Waals surface area contributed by atoms with Gasteiger partial charge >= 0.3 is 0 Å². The van der Waals surface area contributed by atoms with E-state index in [0.29, 0.717) is 25.6 Å². The van der Waals surface area contributed by atoms with E-state index >= 15 is 0 Å². The van der Waals surface area contributed by atoms with E-state index in [1.807, 2.05) is 6.92 Å². The smallest absolute Gasteiger partial charge is 0.282 e. The molecule has 0 aromatic carbocycles. The van der Waals surface area contributed by atoms with Crippen molar-refractivity contribution in [2.75, 3.05) is 26.2 Å². The molecule has 0 aromatic rings. The van der Waals surface area contributed by atoms with Crippen LogP contribution in [0.5, 0.6) is 0 Å². The maximum absolute atomic E-state index is 12.5. The predicted octanol–water partition coefficient (Wildman–Crippen LogP) is 0.666. The molecule has 0 aliphatic carbocycles. The van der Waals surface area contributed by atoms with Crippen LogP contribution in [0.2, 0.25) is 0 Å². The molecule has 2 saturated heterocycles. The number of hydrogen-bond donors (Lipinski definition) is 1. The van der Waals surface area contributed by atoms with Crippen LogP contribution in [0.25, 0.3) is 0 Å². The van der Waals surface area contributed by atoms with E-state index in [2.05, 4.69) is 6.92 Å². The zero-order valence-electron chi connectivity index (χ0n) is 11.2. The number of rotatable bonds is 2. The van der Waals surface area contributed by atoms with E-state index in [1.54, 1.807) is 4.31 Å². The molecule has 3 unspecified atom stereocenters. The Kier molecular flexibility index (Phi) is 4.31. The van der Waals surface area contributed by atoms with Crippen molar-refractivity contribution in [3.63, 3.8) is 0 Å². The quantitative estimate of drug-likeness (QED) is 0.806. The Bertz CT molecular complexity index is 385. The summed E-state index contributed by atoms with van der Waals surface area (Å²) in [5.74, 6) is 0.624. The van der Waals surface area contributed by atoms with Crippen molar-refractivity contribution >= 4 is 10.2 Å². The minimum absolute atomic E-state index is 0.191. The van der Waals surface area contributed by atoms with Gasteiger partial charge in [0.1, 0.15) is 0 Å². The van der Waals surface area contributed by atoms with Crippen molar-refractivity contribution in [1.82, 2.24) is 8.61 Å². The third kappa shape index (κ3) is 2.87. The van der Waals surface area contributed by atoms with Crippen LogP contribution in [-0.4, -0.2) is 54.4 Å². The Morgan fingerprint density at radius 3 is 2.33 bits per heavy atom. The van der Waals surface area contributed by atoms with Crippen molar-refractivity contribution in [2.45, 2.75) is 39.2 Å². The first-order valence-corrected chi connectivity index (χ1v) is 8.24. The molecule has 18 heavy (non-hydrogen) atoms. The molecule has 3 atom stereocenters. The van der Waals surface area contributed by atoms with Crippen molar-refractivity contribution < 1.29 is 13.5 Å². The fourth-order valence-electron chi connectivity index (χ4n) is 2.75. The zero-order valence-corrected chi connectivity index (χ0v) is 12.1. The second-order valence-electron chi connectivity index (χ2n) is 5.80. The van der Waals surface area contributed by atoms with Gasteiger partial charge in [-0.2, -0.15) is 17.0 Å². The number of aliphatic hydroxyl groups is 1. The number of hydrogen-bond acceptors (Lipinski definition) is 3. The SMILES string of the molecule is CC1CCCN(S(=O)(=O)N2CCC(C)C(O)C2)C1. The lowest BCUT2D eigenvalue weighted by Gasteiger charge is -2.38. The average molecular weight is 276 g/mol. The largest absolute Gasteiger partial charge is 0.391 e. The third-order valence-corrected chi connectivity index (χ3v) is 6.12. The van der Waals surface area contributed by atoms with Crippen LogP contribution in [0.3, 0.4) is 0 Å². The minimum atomic E-state index is -3.37. The standard InChI is InChI=1S/C12H24N2O3S/c1-10-4-3-6-13(8-10)18(16,17)14-7-5-11(2)12(15)9-14/h10-12,15H,3-9H2,1-2H3. The summed E-state index contributed by atoms with van der Waals surface area (Å²) >= 11 is 0. The molecule has 0 amide bonds. The summed E-state index contributed by atoms with van der Waals surface area (Å²) in [5, 5.41) is 9.84. The third-order valence-electron chi connectivity index (χ3n) is 4.15. The maximum atomic E-state index is 12.5. The van der Waals surface area contributed by atoms with Crippen LogP contribution < -0.4 is 0 Å². The van der Waals surface area contributed by atoms with Crippen LogP contribution in [-0.2, 0) is 10.2 Å². The van der Waals surface area contributed by atoms with Crippen molar-refractivity contribution in [1.29, 1.82) is 0 Å². The highest BCUT2D eigenvalue weighted by molar-refractivity contribution is 7.86. The predicted molar refractivity (Wildman–Crippen MR) is 70.3 cm³/mol. The van der Waals surface area contributed by atoms with E-state index in [0.717, 1.165) is 19.3 Å². The summed E-state index contributed by atoms with van der Waals surface area (Å²) in [4.78, 5) is 0. The van der Waals surface area contributed by atoms with E-state index < -0.39 is 16.3 Å². The molecular weight excluding hydrogens is 252 g/mol. The summed E-state index contributed by atoms with van der Waals surface area (Å²) in [6.07, 6.45) is 2.25. The molecular formula is C12H24N2O3S. The van der Waals surface area contributed by atoms with Gasteiger partial charge in [0.05, 0.1) is 6.10 Å². The lowest BCUT2D eigenvalue weighted by molar-refractivity contribution is 0.0574. The first-order chi connectivity index (χ1) is 8.41. The summed E-state index contributed by atoms with van der Waals surface area (Å²) in [5.41, 5.74) is 0. The van der Waals surface area contributed by atoms with Crippen LogP contribution in [0.15, 0.2) is 0 Å². The molecule has 2 rings (SSSR count). The van der Waals surface area contributed by atoms with Gasteiger partial charge in [-0.3, -0.25) is 0 Å². The normalized spacial score (nSPS) is 36.7. The highest BCUT2D eigenvalue weighted by Gasteiger charge is 2.36. The molecule has 2 aliphatic rings. The average Bonchev–Trinajstić information content (AvgIpc) is 2.32. The van der Waals surface area contributed by atoms with Gasteiger partial charge in [0.15, 0.2) is 0 Å². The molecule has 0 bridgehead atoms. The van der Waals surface area contributed by atoms with E-state index in [1.165, 1.54) is 4.31 Å². The summed E-state index contributed by atoms with van der Waals surface area (Å²) in [6.45, 7) is 6.07. The van der Waals surface area contributed by atoms with Gasteiger partial charge in [0.25, 0.3) is 10.2 Å². The Morgan fingerprint density at radius 2 is 1.72 bits per heavy atom. The Hall–Kier alpha value is -0.170. The number of nitrogens with zero attached hydrogens (tertiary/aromatic N) is 2. The van der Waals surface area contributed by atoms with Crippen LogP contribution in [0, 0.1) is 11.8 Å². The highest BCUT2D eigenvalue weighted by atomic mass is 32.2. The maximum Gasteiger partial charge on any atom is 0.282 e. The Labute approximate surface area is 110 Å². The van der Waals surface area contributed by atoms with Gasteiger partial charge in [-0.15, -0.1) is 0 Å². The molecule has 2 aliphatic heterocycles. The first kappa shape index (κ1) is 14.2. The van der Waals surface area contributed by atoms with E-state index in [9.17, 15) is 13.5 Å². The van der Waals surface area contributed by atoms with E-state index in [4.69, 9.17) is 0 Å². The molecule has 0 spiro atoms. The fraction of sp³-hybridized carbons (Fsp3) is 1.00. The lowest BCUT2D eigenvalue weighted by atomic mass is 9.98. The molecule has 6 heteroatoms. The first-order valence-electron chi connectivity index (χ1n) is 6.84. The highest BCUT2D eigenvalue weighted by Crippen LogP contribution is 2.24. The summed E-state index contributed by atoms with van der Waals surface area (Å²) < 4.78 is 28.0. The van der Waals surface area contributed by atoms with Crippen molar-refractivity contribution in [2.24, 2.45) is 11.8 Å². The molecule has 2 fully saturated rings. The van der Waals surface area contributed by atoms with Gasteiger partial charge in [0, 0.05) is 26.2 Å². The fourth-order valence-corrected chi connectivity index (χ4v) is 4.56. The number of β-amino-alcohol motifs (C(OH)–C–C–N with tert-alkyl or cyclic N) is 1. The number of piperidine rings is 2. The molecule has 2 heterocycles. The molecule has 0 saturated carbocycles. The van der Waals surface area contributed by atoms with Crippen LogP contribution >= 0.6 is 0 Å². The van der Waals surface area contributed by atoms with Crippen molar-refractivity contribution in [3.05, 3.63) is 0 Å². The topological polar surface area (TPSA) is 60.9 Å². The summed E-state index contributed by atoms with van der Waals surface area (Å²) in [7, 11) is -3.37. The lowest BCUT2D eigenvalue weighted by Crippen LogP contribution is -2.53. The van der Waals surface area contributed by atoms with Gasteiger partial charge in [-0.05, 0) is 31.1 Å². The van der Waals surface area contributed by atoms with Crippen LogP contribution in [0.4, 0.5) is 0 Å². The van der Waals surface area contributed by atoms with Gasteiger partial charge < -0.3 is 5.11 Å². The molecule has 0 radical (unpaired) electrons. The zero-order chi connectivity index (χ0) is 13.3. The monoisotopic (exact) mass is 276 g/mol.